The van der Waals surface area contributed by atoms with Crippen LogP contribution in [0.4, 0.5) is 0 Å². The lowest BCUT2D eigenvalue weighted by Gasteiger charge is -2.62. The van der Waals surface area contributed by atoms with Gasteiger partial charge in [-0.2, -0.15) is 0 Å². The van der Waals surface area contributed by atoms with Crippen molar-refractivity contribution in [2.45, 2.75) is 93.8 Å². The van der Waals surface area contributed by atoms with Crippen molar-refractivity contribution in [3.05, 3.63) is 83.9 Å². The highest BCUT2D eigenvalue weighted by Crippen LogP contribution is 2.65. The van der Waals surface area contributed by atoms with Crippen LogP contribution in [-0.2, 0) is 11.6 Å². The van der Waals surface area contributed by atoms with E-state index in [1.54, 1.807) is 11.1 Å². The van der Waals surface area contributed by atoms with Crippen LogP contribution in [0.25, 0.3) is 22.3 Å². The second-order valence-corrected chi connectivity index (χ2v) is 18.1. The summed E-state index contributed by atoms with van der Waals surface area (Å²) in [6, 6.07) is 28.1. The van der Waals surface area contributed by atoms with Crippen LogP contribution >= 0.6 is 17.2 Å². The minimum atomic E-state index is -0.222. The monoisotopic (exact) mass is 622 g/mol. The minimum absolute atomic E-state index is 0.222. The molecule has 2 heterocycles. The molecular formula is C40H52N2P2. The van der Waals surface area contributed by atoms with Crippen LogP contribution in [0.5, 0.6) is 0 Å². The molecule has 6 unspecified atom stereocenters. The van der Waals surface area contributed by atoms with E-state index >= 15 is 0 Å². The molecule has 0 aromatic heterocycles. The third-order valence-electron chi connectivity index (χ3n) is 12.4. The molecule has 2 aliphatic heterocycles. The van der Waals surface area contributed by atoms with Crippen molar-refractivity contribution in [3.8, 4) is 22.3 Å². The van der Waals surface area contributed by atoms with Gasteiger partial charge < -0.3 is 10.6 Å². The molecule has 9 rings (SSSR count). The molecule has 0 radical (unpaired) electrons. The van der Waals surface area contributed by atoms with Gasteiger partial charge in [0.25, 0.3) is 0 Å². The normalized spacial score (nSPS) is 33.8. The highest BCUT2D eigenvalue weighted by Gasteiger charge is 2.57. The second-order valence-electron chi connectivity index (χ2n) is 15.0. The van der Waals surface area contributed by atoms with Crippen LogP contribution in [-0.4, -0.2) is 30.8 Å². The first-order valence-corrected chi connectivity index (χ1v) is 20.4. The third-order valence-corrected chi connectivity index (χ3v) is 16.1. The molecule has 0 spiro atoms. The Morgan fingerprint density at radius 2 is 1.27 bits per heavy atom. The number of nitrogens with one attached hydrogen (secondary N) is 2. The van der Waals surface area contributed by atoms with E-state index in [9.17, 15) is 0 Å². The Morgan fingerprint density at radius 3 is 1.80 bits per heavy atom. The molecule has 232 valence electrons. The predicted molar refractivity (Wildman–Crippen MR) is 193 cm³/mol. The van der Waals surface area contributed by atoms with Gasteiger partial charge in [-0.1, -0.05) is 81.4 Å². The zero-order valence-corrected chi connectivity index (χ0v) is 28.6. The van der Waals surface area contributed by atoms with Gasteiger partial charge in [-0.3, -0.25) is 0 Å². The predicted octanol–water partition coefficient (Wildman–Crippen LogP) is 9.77. The van der Waals surface area contributed by atoms with Gasteiger partial charge in [-0.15, -0.1) is 9.24 Å². The summed E-state index contributed by atoms with van der Waals surface area (Å²) < 4.78 is 0. The first-order valence-electron chi connectivity index (χ1n) is 17.9. The molecule has 6 aliphatic rings. The molecule has 6 fully saturated rings. The maximum atomic E-state index is 4.08. The first-order chi connectivity index (χ1) is 21.7. The fourth-order valence-corrected chi connectivity index (χ4v) is 14.9. The molecule has 6 atom stereocenters. The van der Waals surface area contributed by atoms with Crippen molar-refractivity contribution in [3.63, 3.8) is 0 Å². The number of piperidine rings is 2. The van der Waals surface area contributed by atoms with Gasteiger partial charge in [0.15, 0.2) is 0 Å². The summed E-state index contributed by atoms with van der Waals surface area (Å²) >= 11 is 0. The zero-order chi connectivity index (χ0) is 29.5. The summed E-state index contributed by atoms with van der Waals surface area (Å²) in [6.45, 7) is 2.41. The van der Waals surface area contributed by atoms with Crippen molar-refractivity contribution in [1.82, 2.24) is 10.6 Å². The minimum Gasteiger partial charge on any atom is -0.310 e. The number of rotatable bonds is 8. The Hall–Kier alpha value is -1.56. The Labute approximate surface area is 269 Å². The summed E-state index contributed by atoms with van der Waals surface area (Å²) in [6.07, 6.45) is 18.0. The van der Waals surface area contributed by atoms with Crippen molar-refractivity contribution in [1.29, 1.82) is 0 Å². The molecular weight excluding hydrogens is 570 g/mol. The lowest BCUT2D eigenvalue weighted by atomic mass is 9.43. The standard InChI is InChI=1S/C40H52N2P2/c43-26-37-32-20-28-19-29(21-32)25-40(37,24-28)36-23-35(31-13-5-2-6-14-31)34(30-11-3-1-4-12-30)22-33(36)27-44(38-15-7-9-17-41-38)39-16-8-10-18-42-39/h1-6,11-14,22-23,28-29,32,37-39,41-42H,7-10,15-21,24-27,43H2. The fraction of sp³-hybridized carbons (Fsp3) is 0.550. The van der Waals surface area contributed by atoms with Crippen molar-refractivity contribution in [2.75, 3.05) is 19.3 Å². The van der Waals surface area contributed by atoms with Crippen molar-refractivity contribution >= 4 is 17.2 Å². The van der Waals surface area contributed by atoms with E-state index in [1.165, 1.54) is 118 Å². The Bertz CT molecular complexity index is 1380. The van der Waals surface area contributed by atoms with Gasteiger partial charge in [0, 0.05) is 11.6 Å². The summed E-state index contributed by atoms with van der Waals surface area (Å²) in [5.74, 6) is 4.96. The SMILES string of the molecule is PCC1C2CC3CC(C2)CC1(c1cc(-c2ccccc2)c(-c2ccccc2)cc1CP(C1CCCCN1)C1CCCCN1)C3. The van der Waals surface area contributed by atoms with Gasteiger partial charge in [0.05, 0.1) is 0 Å². The second kappa shape index (κ2) is 12.9. The van der Waals surface area contributed by atoms with E-state index in [1.807, 2.05) is 0 Å². The maximum absolute atomic E-state index is 4.08. The molecule has 2 saturated heterocycles. The van der Waals surface area contributed by atoms with E-state index in [0.29, 0.717) is 17.0 Å². The van der Waals surface area contributed by atoms with Gasteiger partial charge in [-0.25, -0.2) is 0 Å². The molecule has 4 heteroatoms. The van der Waals surface area contributed by atoms with Gasteiger partial charge >= 0.3 is 0 Å². The van der Waals surface area contributed by atoms with Crippen LogP contribution in [0.1, 0.15) is 81.8 Å². The zero-order valence-electron chi connectivity index (χ0n) is 26.5. The highest BCUT2D eigenvalue weighted by atomic mass is 31.1. The maximum Gasteiger partial charge on any atom is 0.0286 e. The van der Waals surface area contributed by atoms with E-state index in [4.69, 9.17) is 0 Å². The van der Waals surface area contributed by atoms with Crippen molar-refractivity contribution < 1.29 is 0 Å². The quantitative estimate of drug-likeness (QED) is 0.245. The van der Waals surface area contributed by atoms with Gasteiger partial charge in [-0.05, 0) is 158 Å². The molecule has 44 heavy (non-hydrogen) atoms. The third kappa shape index (κ3) is 5.55. The van der Waals surface area contributed by atoms with Crippen molar-refractivity contribution in [2.24, 2.45) is 23.7 Å². The lowest BCUT2D eigenvalue weighted by molar-refractivity contribution is -0.0520. The lowest BCUT2D eigenvalue weighted by Crippen LogP contribution is -2.56. The van der Waals surface area contributed by atoms with Gasteiger partial charge in [0.2, 0.25) is 0 Å². The summed E-state index contributed by atoms with van der Waals surface area (Å²) in [5, 5.41) is 8.16. The van der Waals surface area contributed by atoms with Crippen LogP contribution < -0.4 is 10.6 Å². The molecule has 2 nitrogen and oxygen atoms in total. The van der Waals surface area contributed by atoms with E-state index < -0.39 is 0 Å². The summed E-state index contributed by atoms with van der Waals surface area (Å²) in [7, 11) is 3.02. The molecule has 4 aliphatic carbocycles. The Balaban J connectivity index is 1.32. The van der Waals surface area contributed by atoms with E-state index in [0.717, 1.165) is 23.7 Å². The Kier molecular flexibility index (Phi) is 8.75. The molecule has 2 N–H and O–H groups in total. The molecule has 3 aromatic rings. The molecule has 4 bridgehead atoms. The largest absolute Gasteiger partial charge is 0.310 e. The topological polar surface area (TPSA) is 24.1 Å². The Morgan fingerprint density at radius 1 is 0.705 bits per heavy atom. The number of hydrogen-bond donors (Lipinski definition) is 2. The average Bonchev–Trinajstić information content (AvgIpc) is 3.08. The van der Waals surface area contributed by atoms with Crippen LogP contribution in [0.3, 0.4) is 0 Å². The number of benzene rings is 3. The van der Waals surface area contributed by atoms with Crippen LogP contribution in [0.2, 0.25) is 0 Å². The molecule has 4 saturated carbocycles. The molecule has 0 amide bonds. The van der Waals surface area contributed by atoms with E-state index in [2.05, 4.69) is 92.7 Å². The first kappa shape index (κ1) is 29.8. The van der Waals surface area contributed by atoms with E-state index in [-0.39, 0.29) is 7.92 Å². The smallest absolute Gasteiger partial charge is 0.0286 e. The summed E-state index contributed by atoms with van der Waals surface area (Å²) in [5.41, 5.74) is 9.43. The van der Waals surface area contributed by atoms with Crippen LogP contribution in [0, 0.1) is 23.7 Å². The molecule has 3 aromatic carbocycles. The average molecular weight is 623 g/mol. The number of hydrogen-bond acceptors (Lipinski definition) is 2. The summed E-state index contributed by atoms with van der Waals surface area (Å²) in [4.78, 5) is 0. The fourth-order valence-electron chi connectivity index (χ4n) is 10.8. The van der Waals surface area contributed by atoms with Gasteiger partial charge in [0.1, 0.15) is 0 Å². The highest BCUT2D eigenvalue weighted by molar-refractivity contribution is 7.58. The van der Waals surface area contributed by atoms with Crippen LogP contribution in [0.15, 0.2) is 72.8 Å².